The Morgan fingerprint density at radius 2 is 1.79 bits per heavy atom. The summed E-state index contributed by atoms with van der Waals surface area (Å²) < 4.78 is 6.27. The number of ether oxygens (including phenoxy) is 1. The van der Waals surface area contributed by atoms with Crippen molar-refractivity contribution >= 4 is 29.3 Å². The van der Waals surface area contributed by atoms with Crippen molar-refractivity contribution in [3.8, 4) is 0 Å². The number of rotatable bonds is 5. The van der Waals surface area contributed by atoms with E-state index in [0.717, 1.165) is 11.3 Å². The summed E-state index contributed by atoms with van der Waals surface area (Å²) in [4.78, 5) is 48.0. The molecule has 3 aromatic rings. The number of benzene rings is 2. The lowest BCUT2D eigenvalue weighted by Crippen LogP contribution is -2.59. The van der Waals surface area contributed by atoms with Gasteiger partial charge >= 0.3 is 0 Å². The minimum Gasteiger partial charge on any atom is -0.353 e. The van der Waals surface area contributed by atoms with Crippen molar-refractivity contribution in [1.82, 2.24) is 20.1 Å². The largest absolute Gasteiger partial charge is 0.353 e. The zero-order chi connectivity index (χ0) is 26.7. The van der Waals surface area contributed by atoms with Gasteiger partial charge < -0.3 is 15.0 Å². The summed E-state index contributed by atoms with van der Waals surface area (Å²) in [6, 6.07) is 19.0. The molecule has 2 saturated heterocycles. The number of carbonyl (C=O) groups is 3. The third kappa shape index (κ3) is 5.14. The number of hydrogen-bond acceptors (Lipinski definition) is 5. The number of halogens is 1. The molecule has 8 nitrogen and oxygen atoms in total. The smallest absolute Gasteiger partial charge is 0.256 e. The second kappa shape index (κ2) is 10.9. The van der Waals surface area contributed by atoms with Crippen LogP contribution in [0.3, 0.4) is 0 Å². The Hall–Kier alpha value is -3.75. The second-order valence-electron chi connectivity index (χ2n) is 9.63. The van der Waals surface area contributed by atoms with E-state index in [4.69, 9.17) is 16.3 Å². The van der Waals surface area contributed by atoms with Gasteiger partial charge in [0.2, 0.25) is 5.91 Å². The quantitative estimate of drug-likeness (QED) is 0.539. The maximum absolute atomic E-state index is 13.9. The average Bonchev–Trinajstić information content (AvgIpc) is 3.30. The van der Waals surface area contributed by atoms with Crippen LogP contribution in [-0.2, 0) is 16.1 Å². The third-order valence-corrected chi connectivity index (χ3v) is 7.48. The van der Waals surface area contributed by atoms with Crippen molar-refractivity contribution in [2.45, 2.75) is 38.1 Å². The van der Waals surface area contributed by atoms with E-state index in [1.807, 2.05) is 43.3 Å². The van der Waals surface area contributed by atoms with Crippen LogP contribution in [0.25, 0.3) is 0 Å². The molecule has 2 fully saturated rings. The fraction of sp³-hybridized carbons (Fsp3) is 0.310. The molecule has 2 aromatic carbocycles. The van der Waals surface area contributed by atoms with E-state index in [1.54, 1.807) is 46.3 Å². The first kappa shape index (κ1) is 25.9. The topological polar surface area (TPSA) is 91.8 Å². The summed E-state index contributed by atoms with van der Waals surface area (Å²) in [5, 5.41) is 3.31. The molecule has 0 bridgehead atoms. The highest BCUT2D eigenvalue weighted by Gasteiger charge is 2.54. The number of aromatic nitrogens is 1. The summed E-state index contributed by atoms with van der Waals surface area (Å²) >= 11 is 6.26. The van der Waals surface area contributed by atoms with E-state index in [-0.39, 0.29) is 30.9 Å². The van der Waals surface area contributed by atoms with Gasteiger partial charge in [-0.3, -0.25) is 24.3 Å². The third-order valence-electron chi connectivity index (χ3n) is 7.15. The van der Waals surface area contributed by atoms with Crippen molar-refractivity contribution in [3.63, 3.8) is 0 Å². The first-order chi connectivity index (χ1) is 18.4. The number of amides is 3. The van der Waals surface area contributed by atoms with E-state index < -0.39 is 11.8 Å². The molecule has 1 spiro atoms. The van der Waals surface area contributed by atoms with Crippen molar-refractivity contribution in [1.29, 1.82) is 0 Å². The lowest BCUT2D eigenvalue weighted by molar-refractivity contribution is -0.128. The predicted octanol–water partition coefficient (Wildman–Crippen LogP) is 3.83. The van der Waals surface area contributed by atoms with Gasteiger partial charge in [0, 0.05) is 37.7 Å². The molecular weight excluding hydrogens is 504 g/mol. The Morgan fingerprint density at radius 3 is 2.50 bits per heavy atom. The molecular formula is C29H29ClN4O4. The monoisotopic (exact) mass is 532 g/mol. The highest BCUT2D eigenvalue weighted by Crippen LogP contribution is 2.39. The van der Waals surface area contributed by atoms with E-state index in [0.29, 0.717) is 42.1 Å². The van der Waals surface area contributed by atoms with Crippen LogP contribution in [0.5, 0.6) is 0 Å². The van der Waals surface area contributed by atoms with Crippen LogP contribution in [0.4, 0.5) is 0 Å². The fourth-order valence-electron chi connectivity index (χ4n) is 5.15. The Balaban J connectivity index is 1.37. The van der Waals surface area contributed by atoms with Gasteiger partial charge in [-0.05, 0) is 43.3 Å². The molecule has 2 aliphatic heterocycles. The molecule has 5 rings (SSSR count). The number of piperidine rings is 1. The molecule has 3 amide bonds. The number of likely N-dealkylation sites (tertiary alicyclic amines) is 1. The molecule has 1 N–H and O–H groups in total. The van der Waals surface area contributed by atoms with E-state index in [2.05, 4.69) is 10.3 Å². The molecule has 1 atom stereocenters. The van der Waals surface area contributed by atoms with Crippen LogP contribution in [0.15, 0.2) is 72.9 Å². The van der Waals surface area contributed by atoms with Gasteiger partial charge in [0.25, 0.3) is 11.8 Å². The van der Waals surface area contributed by atoms with Crippen LogP contribution < -0.4 is 5.32 Å². The number of carbonyl (C=O) groups excluding carboxylic acids is 3. The van der Waals surface area contributed by atoms with E-state index in [1.165, 1.54) is 0 Å². The van der Waals surface area contributed by atoms with Gasteiger partial charge in [-0.15, -0.1) is 0 Å². The van der Waals surface area contributed by atoms with Gasteiger partial charge in [0.05, 0.1) is 29.4 Å². The van der Waals surface area contributed by atoms with Crippen molar-refractivity contribution in [2.75, 3.05) is 19.7 Å². The number of nitrogens with zero attached hydrogens (tertiary/aromatic N) is 3. The Labute approximate surface area is 226 Å². The van der Waals surface area contributed by atoms with Crippen molar-refractivity contribution < 1.29 is 19.1 Å². The average molecular weight is 533 g/mol. The summed E-state index contributed by atoms with van der Waals surface area (Å²) in [5.74, 6) is -0.733. The number of nitrogens with one attached hydrogen (secondary N) is 1. The Bertz CT molecular complexity index is 1340. The van der Waals surface area contributed by atoms with Crippen molar-refractivity contribution in [2.24, 2.45) is 0 Å². The summed E-state index contributed by atoms with van der Waals surface area (Å²) in [7, 11) is 0. The first-order valence-electron chi connectivity index (χ1n) is 12.6. The SMILES string of the molecule is Cc1cccc(C(=O)N2C(C(=O)NCc3ccccn3)COC23CCN(C(=O)c2ccccc2Cl)CC3)c1. The number of hydrogen-bond donors (Lipinski definition) is 1. The molecule has 9 heteroatoms. The lowest BCUT2D eigenvalue weighted by Gasteiger charge is -2.44. The normalized spacial score (nSPS) is 18.4. The fourth-order valence-corrected chi connectivity index (χ4v) is 5.36. The Morgan fingerprint density at radius 1 is 1.03 bits per heavy atom. The highest BCUT2D eigenvalue weighted by molar-refractivity contribution is 6.33. The van der Waals surface area contributed by atoms with Crippen molar-refractivity contribution in [3.05, 3.63) is 100 Å². The second-order valence-corrected chi connectivity index (χ2v) is 10.0. The molecule has 0 radical (unpaired) electrons. The van der Waals surface area contributed by atoms with E-state index >= 15 is 0 Å². The molecule has 0 aliphatic carbocycles. The zero-order valence-electron chi connectivity index (χ0n) is 21.1. The van der Waals surface area contributed by atoms with Crippen LogP contribution in [0.2, 0.25) is 5.02 Å². The van der Waals surface area contributed by atoms with Gasteiger partial charge in [-0.25, -0.2) is 0 Å². The maximum atomic E-state index is 13.9. The van der Waals surface area contributed by atoms with Gasteiger partial charge in [0.1, 0.15) is 11.8 Å². The minimum absolute atomic E-state index is 0.0735. The van der Waals surface area contributed by atoms with Crippen LogP contribution in [0.1, 0.15) is 44.8 Å². The maximum Gasteiger partial charge on any atom is 0.256 e. The molecule has 3 heterocycles. The standard InChI is InChI=1S/C29H29ClN4O4/c1-20-7-6-8-21(17-20)27(36)34-25(26(35)32-18-22-9-4-5-14-31-22)19-38-29(34)12-15-33(16-13-29)28(37)23-10-2-3-11-24(23)30/h2-11,14,17,25H,12-13,15-16,18-19H2,1H3,(H,32,35). The van der Waals surface area contributed by atoms with Gasteiger partial charge in [0.15, 0.2) is 0 Å². The Kier molecular flexibility index (Phi) is 7.44. The predicted molar refractivity (Wildman–Crippen MR) is 142 cm³/mol. The van der Waals surface area contributed by atoms with Crippen LogP contribution in [-0.4, -0.2) is 64.0 Å². The molecule has 2 aliphatic rings. The summed E-state index contributed by atoms with van der Waals surface area (Å²) in [6.07, 6.45) is 2.43. The van der Waals surface area contributed by atoms with E-state index in [9.17, 15) is 14.4 Å². The molecule has 38 heavy (non-hydrogen) atoms. The van der Waals surface area contributed by atoms with Crippen LogP contribution in [0, 0.1) is 6.92 Å². The highest BCUT2D eigenvalue weighted by atomic mass is 35.5. The number of aryl methyl sites for hydroxylation is 1. The molecule has 0 saturated carbocycles. The van der Waals surface area contributed by atoms with Crippen LogP contribution >= 0.6 is 11.6 Å². The molecule has 1 unspecified atom stereocenters. The zero-order valence-corrected chi connectivity index (χ0v) is 21.9. The molecule has 196 valence electrons. The minimum atomic E-state index is -0.995. The van der Waals surface area contributed by atoms with Gasteiger partial charge in [-0.2, -0.15) is 0 Å². The van der Waals surface area contributed by atoms with Gasteiger partial charge in [-0.1, -0.05) is 47.5 Å². The summed E-state index contributed by atoms with van der Waals surface area (Å²) in [5.41, 5.74) is 1.60. The lowest BCUT2D eigenvalue weighted by atomic mass is 9.95. The first-order valence-corrected chi connectivity index (χ1v) is 13.0. The number of pyridine rings is 1. The summed E-state index contributed by atoms with van der Waals surface area (Å²) in [6.45, 7) is 2.97. The molecule has 1 aromatic heterocycles.